The van der Waals surface area contributed by atoms with Gasteiger partial charge in [-0.2, -0.15) is 0 Å². The van der Waals surface area contributed by atoms with E-state index in [0.717, 1.165) is 43.3 Å². The highest BCUT2D eigenvalue weighted by molar-refractivity contribution is 7.07. The number of nitrogens with zero attached hydrogens (tertiary/aromatic N) is 5. The largest absolute Gasteiger partial charge is 0.304 e. The Morgan fingerprint density at radius 1 is 1.33 bits per heavy atom. The van der Waals surface area contributed by atoms with Crippen LogP contribution in [0.25, 0.3) is 0 Å². The van der Waals surface area contributed by atoms with Gasteiger partial charge in [-0.05, 0) is 39.5 Å². The molecule has 0 aromatic carbocycles. The molecule has 2 aromatic rings. The molecule has 0 spiro atoms. The fraction of sp³-hybridized carbons (Fsp3) is 0.533. The molecule has 0 bridgehead atoms. The summed E-state index contributed by atoms with van der Waals surface area (Å²) in [6, 6.07) is 2.33. The standard InChI is InChI=1S/C15H21N5S/c1-19(2)8-12-5-6-16-15(18-12)14-4-3-7-20(14)9-13-10-21-11-17-13/h5-6,10-11,14H,3-4,7-9H2,1-2H3. The number of thiazole rings is 1. The minimum Gasteiger partial charge on any atom is -0.304 e. The van der Waals surface area contributed by atoms with Crippen molar-refractivity contribution in [2.45, 2.75) is 32.0 Å². The second-order valence-corrected chi connectivity index (χ2v) is 6.47. The van der Waals surface area contributed by atoms with Gasteiger partial charge in [0.1, 0.15) is 5.82 Å². The van der Waals surface area contributed by atoms with Crippen molar-refractivity contribution in [2.24, 2.45) is 0 Å². The molecule has 6 heteroatoms. The maximum Gasteiger partial charge on any atom is 0.145 e. The molecule has 1 saturated heterocycles. The van der Waals surface area contributed by atoms with E-state index in [1.807, 2.05) is 17.8 Å². The molecule has 0 aliphatic carbocycles. The number of rotatable bonds is 5. The number of aromatic nitrogens is 3. The fourth-order valence-electron chi connectivity index (χ4n) is 2.82. The molecule has 1 fully saturated rings. The van der Waals surface area contributed by atoms with E-state index >= 15 is 0 Å². The van der Waals surface area contributed by atoms with E-state index in [1.54, 1.807) is 11.3 Å². The predicted octanol–water partition coefficient (Wildman–Crippen LogP) is 2.33. The first kappa shape index (κ1) is 14.6. The van der Waals surface area contributed by atoms with Gasteiger partial charge in [0.25, 0.3) is 0 Å². The van der Waals surface area contributed by atoms with Gasteiger partial charge in [-0.25, -0.2) is 15.0 Å². The highest BCUT2D eigenvalue weighted by Crippen LogP contribution is 2.31. The van der Waals surface area contributed by atoms with Crippen LogP contribution in [0.4, 0.5) is 0 Å². The summed E-state index contributed by atoms with van der Waals surface area (Å²) in [5.41, 5.74) is 4.14. The molecule has 3 rings (SSSR count). The Morgan fingerprint density at radius 3 is 3.00 bits per heavy atom. The van der Waals surface area contributed by atoms with Crippen LogP contribution in [0.2, 0.25) is 0 Å². The van der Waals surface area contributed by atoms with Gasteiger partial charge in [0.05, 0.1) is 22.9 Å². The molecule has 112 valence electrons. The van der Waals surface area contributed by atoms with Gasteiger partial charge in [0, 0.05) is 24.7 Å². The van der Waals surface area contributed by atoms with Crippen LogP contribution in [0.1, 0.15) is 36.1 Å². The second-order valence-electron chi connectivity index (χ2n) is 5.75. The zero-order chi connectivity index (χ0) is 14.7. The molecule has 1 atom stereocenters. The van der Waals surface area contributed by atoms with Crippen molar-refractivity contribution in [3.63, 3.8) is 0 Å². The van der Waals surface area contributed by atoms with Gasteiger partial charge < -0.3 is 4.90 Å². The van der Waals surface area contributed by atoms with Crippen LogP contribution < -0.4 is 0 Å². The number of likely N-dealkylation sites (tertiary alicyclic amines) is 1. The van der Waals surface area contributed by atoms with Crippen molar-refractivity contribution in [1.29, 1.82) is 0 Å². The Kier molecular flexibility index (Phi) is 4.57. The van der Waals surface area contributed by atoms with Crippen LogP contribution in [0, 0.1) is 0 Å². The van der Waals surface area contributed by atoms with E-state index in [9.17, 15) is 0 Å². The minimum atomic E-state index is 0.328. The predicted molar refractivity (Wildman–Crippen MR) is 83.9 cm³/mol. The Balaban J connectivity index is 1.75. The van der Waals surface area contributed by atoms with Gasteiger partial charge in [0.15, 0.2) is 0 Å². The summed E-state index contributed by atoms with van der Waals surface area (Å²) in [7, 11) is 4.12. The third-order valence-corrected chi connectivity index (χ3v) is 4.36. The van der Waals surface area contributed by atoms with Crippen molar-refractivity contribution in [3.05, 3.63) is 40.4 Å². The first-order chi connectivity index (χ1) is 10.2. The highest BCUT2D eigenvalue weighted by Gasteiger charge is 2.28. The summed E-state index contributed by atoms with van der Waals surface area (Å²) in [6.07, 6.45) is 4.23. The maximum atomic E-state index is 4.76. The Bertz CT molecular complexity index is 569. The number of hydrogen-bond acceptors (Lipinski definition) is 6. The third kappa shape index (κ3) is 3.64. The minimum absolute atomic E-state index is 0.328. The van der Waals surface area contributed by atoms with Crippen molar-refractivity contribution in [3.8, 4) is 0 Å². The van der Waals surface area contributed by atoms with E-state index in [0.29, 0.717) is 6.04 Å². The van der Waals surface area contributed by atoms with Crippen LogP contribution in [0.15, 0.2) is 23.2 Å². The molecule has 0 N–H and O–H groups in total. The monoisotopic (exact) mass is 303 g/mol. The molecule has 1 aliphatic rings. The van der Waals surface area contributed by atoms with Gasteiger partial charge in [-0.3, -0.25) is 4.90 Å². The summed E-state index contributed by atoms with van der Waals surface area (Å²) >= 11 is 1.65. The summed E-state index contributed by atoms with van der Waals surface area (Å²) in [4.78, 5) is 18.3. The fourth-order valence-corrected chi connectivity index (χ4v) is 3.37. The van der Waals surface area contributed by atoms with Gasteiger partial charge in [-0.15, -0.1) is 11.3 Å². The van der Waals surface area contributed by atoms with Gasteiger partial charge in [-0.1, -0.05) is 0 Å². The Morgan fingerprint density at radius 2 is 2.24 bits per heavy atom. The summed E-state index contributed by atoms with van der Waals surface area (Å²) in [5.74, 6) is 0.960. The zero-order valence-electron chi connectivity index (χ0n) is 12.6. The first-order valence-corrected chi connectivity index (χ1v) is 8.24. The number of hydrogen-bond donors (Lipinski definition) is 0. The highest BCUT2D eigenvalue weighted by atomic mass is 32.1. The lowest BCUT2D eigenvalue weighted by Crippen LogP contribution is -2.25. The van der Waals surface area contributed by atoms with Crippen LogP contribution in [-0.2, 0) is 13.1 Å². The second kappa shape index (κ2) is 6.60. The zero-order valence-corrected chi connectivity index (χ0v) is 13.4. The van der Waals surface area contributed by atoms with Crippen molar-refractivity contribution in [1.82, 2.24) is 24.8 Å². The molecule has 0 saturated carbocycles. The molecule has 21 heavy (non-hydrogen) atoms. The Labute approximate surface area is 129 Å². The third-order valence-electron chi connectivity index (χ3n) is 3.72. The normalized spacial score (nSPS) is 19.5. The van der Waals surface area contributed by atoms with E-state index in [-0.39, 0.29) is 0 Å². The van der Waals surface area contributed by atoms with Crippen LogP contribution in [-0.4, -0.2) is 45.4 Å². The van der Waals surface area contributed by atoms with E-state index < -0.39 is 0 Å². The van der Waals surface area contributed by atoms with E-state index in [2.05, 4.69) is 39.2 Å². The lowest BCUT2D eigenvalue weighted by atomic mass is 10.2. The van der Waals surface area contributed by atoms with Crippen molar-refractivity contribution < 1.29 is 0 Å². The molecule has 5 nitrogen and oxygen atoms in total. The SMILES string of the molecule is CN(C)Cc1ccnc(C2CCCN2Cc2cscn2)n1. The molecular formula is C15H21N5S. The summed E-state index contributed by atoms with van der Waals surface area (Å²) < 4.78 is 0. The van der Waals surface area contributed by atoms with Crippen LogP contribution in [0.3, 0.4) is 0 Å². The van der Waals surface area contributed by atoms with Crippen LogP contribution in [0.5, 0.6) is 0 Å². The van der Waals surface area contributed by atoms with Crippen molar-refractivity contribution >= 4 is 11.3 Å². The van der Waals surface area contributed by atoms with E-state index in [1.165, 1.54) is 6.42 Å². The first-order valence-electron chi connectivity index (χ1n) is 7.30. The van der Waals surface area contributed by atoms with Gasteiger partial charge >= 0.3 is 0 Å². The quantitative estimate of drug-likeness (QED) is 0.848. The molecule has 1 unspecified atom stereocenters. The smallest absolute Gasteiger partial charge is 0.145 e. The topological polar surface area (TPSA) is 45.2 Å². The van der Waals surface area contributed by atoms with Crippen LogP contribution >= 0.6 is 11.3 Å². The van der Waals surface area contributed by atoms with Gasteiger partial charge in [0.2, 0.25) is 0 Å². The lowest BCUT2D eigenvalue weighted by Gasteiger charge is -2.22. The molecule has 1 aliphatic heterocycles. The van der Waals surface area contributed by atoms with E-state index in [4.69, 9.17) is 4.98 Å². The maximum absolute atomic E-state index is 4.76. The average molecular weight is 303 g/mol. The molecular weight excluding hydrogens is 282 g/mol. The molecule has 2 aromatic heterocycles. The summed E-state index contributed by atoms with van der Waals surface area (Å²) in [5, 5.41) is 2.12. The summed E-state index contributed by atoms with van der Waals surface area (Å²) in [6.45, 7) is 2.85. The molecule has 0 radical (unpaired) electrons. The molecule has 0 amide bonds. The molecule has 3 heterocycles. The lowest BCUT2D eigenvalue weighted by molar-refractivity contribution is 0.236. The average Bonchev–Trinajstić information content (AvgIpc) is 3.10. The van der Waals surface area contributed by atoms with Crippen molar-refractivity contribution in [2.75, 3.05) is 20.6 Å². The Hall–Kier alpha value is -1.37.